The van der Waals surface area contributed by atoms with E-state index in [1.165, 1.54) is 0 Å². The molecule has 0 bridgehead atoms. The molecule has 4 nitrogen and oxygen atoms in total. The zero-order valence-corrected chi connectivity index (χ0v) is 14.1. The van der Waals surface area contributed by atoms with E-state index in [0.29, 0.717) is 6.42 Å². The highest BCUT2D eigenvalue weighted by atomic mass is 16.5. The summed E-state index contributed by atoms with van der Waals surface area (Å²) in [7, 11) is 0. The molecule has 0 saturated heterocycles. The van der Waals surface area contributed by atoms with Gasteiger partial charge in [0.05, 0.1) is 0 Å². The third-order valence-corrected chi connectivity index (χ3v) is 4.51. The molecule has 0 amide bonds. The van der Waals surface area contributed by atoms with E-state index in [4.69, 9.17) is 4.74 Å². The lowest BCUT2D eigenvalue weighted by Gasteiger charge is -2.17. The summed E-state index contributed by atoms with van der Waals surface area (Å²) < 4.78 is 5.92. The summed E-state index contributed by atoms with van der Waals surface area (Å²) in [4.78, 5) is 18.8. The van der Waals surface area contributed by atoms with Gasteiger partial charge in [-0.05, 0) is 18.6 Å². The lowest BCUT2D eigenvalue weighted by atomic mass is 10.00. The number of benzene rings is 2. The first-order chi connectivity index (χ1) is 12.3. The second-order valence-electron chi connectivity index (χ2n) is 6.20. The maximum atomic E-state index is 12.3. The molecule has 4 rings (SSSR count). The number of ether oxygens (including phenoxy) is 1. The van der Waals surface area contributed by atoms with Gasteiger partial charge in [-0.2, -0.15) is 0 Å². The van der Waals surface area contributed by atoms with Crippen LogP contribution in [0.3, 0.4) is 0 Å². The van der Waals surface area contributed by atoms with E-state index in [2.05, 4.69) is 22.1 Å². The van der Waals surface area contributed by atoms with Crippen LogP contribution in [0.5, 0.6) is 0 Å². The molecule has 2 N–H and O–H groups in total. The smallest absolute Gasteiger partial charge is 0.306 e. The fourth-order valence-electron chi connectivity index (χ4n) is 3.31. The standard InChI is InChI=1S/C21H20N2O2/c1-2-7-20(24)25-21(16-12-22-18-10-5-3-8-14(16)18)17-13-23-19-11-6-4-9-15(17)19/h3-6,8-13,21-23H,2,7H2,1H3. The fourth-order valence-corrected chi connectivity index (χ4v) is 3.31. The summed E-state index contributed by atoms with van der Waals surface area (Å²) in [6, 6.07) is 16.1. The molecular weight excluding hydrogens is 312 g/mol. The van der Waals surface area contributed by atoms with Crippen LogP contribution in [0.25, 0.3) is 21.8 Å². The van der Waals surface area contributed by atoms with E-state index in [1.807, 2.05) is 55.7 Å². The Morgan fingerprint density at radius 2 is 1.44 bits per heavy atom. The molecule has 4 heteroatoms. The summed E-state index contributed by atoms with van der Waals surface area (Å²) in [6.45, 7) is 1.98. The van der Waals surface area contributed by atoms with Crippen molar-refractivity contribution in [3.05, 3.63) is 72.1 Å². The number of esters is 1. The van der Waals surface area contributed by atoms with Gasteiger partial charge < -0.3 is 14.7 Å². The second-order valence-corrected chi connectivity index (χ2v) is 6.20. The first-order valence-corrected chi connectivity index (χ1v) is 8.59. The molecule has 0 radical (unpaired) electrons. The Bertz CT molecular complexity index is 954. The van der Waals surface area contributed by atoms with Gasteiger partial charge in [0.2, 0.25) is 0 Å². The third-order valence-electron chi connectivity index (χ3n) is 4.51. The van der Waals surface area contributed by atoms with Crippen molar-refractivity contribution in [1.82, 2.24) is 9.97 Å². The Hall–Kier alpha value is -3.01. The minimum absolute atomic E-state index is 0.178. The molecule has 0 unspecified atom stereocenters. The summed E-state index contributed by atoms with van der Waals surface area (Å²) in [6.07, 6.45) is 4.63. The topological polar surface area (TPSA) is 57.9 Å². The van der Waals surface area contributed by atoms with E-state index in [0.717, 1.165) is 39.4 Å². The van der Waals surface area contributed by atoms with Gasteiger partial charge >= 0.3 is 5.97 Å². The SMILES string of the molecule is CCCC(=O)OC(c1c[nH]c2ccccc12)c1c[nH]c2ccccc12. The minimum atomic E-state index is -0.439. The quantitative estimate of drug-likeness (QED) is 0.501. The van der Waals surface area contributed by atoms with Gasteiger partial charge in [0.1, 0.15) is 0 Å². The van der Waals surface area contributed by atoms with Crippen molar-refractivity contribution in [2.75, 3.05) is 0 Å². The highest BCUT2D eigenvalue weighted by molar-refractivity contribution is 5.88. The van der Waals surface area contributed by atoms with Crippen LogP contribution >= 0.6 is 0 Å². The molecule has 0 spiro atoms. The zero-order valence-electron chi connectivity index (χ0n) is 14.1. The normalized spacial score (nSPS) is 11.4. The lowest BCUT2D eigenvalue weighted by Crippen LogP contribution is -2.12. The molecule has 2 aromatic carbocycles. The number of aromatic nitrogens is 2. The third kappa shape index (κ3) is 2.80. The van der Waals surface area contributed by atoms with Gasteiger partial charge in [-0.3, -0.25) is 4.79 Å². The molecule has 0 aliphatic carbocycles. The molecule has 0 atom stereocenters. The average Bonchev–Trinajstić information content (AvgIpc) is 3.24. The van der Waals surface area contributed by atoms with Crippen LogP contribution in [0.1, 0.15) is 37.0 Å². The largest absolute Gasteiger partial charge is 0.452 e. The highest BCUT2D eigenvalue weighted by Gasteiger charge is 2.24. The Labute approximate surface area is 145 Å². The van der Waals surface area contributed by atoms with Crippen LogP contribution in [0.2, 0.25) is 0 Å². The van der Waals surface area contributed by atoms with Gasteiger partial charge in [-0.1, -0.05) is 43.3 Å². The van der Waals surface area contributed by atoms with E-state index in [1.54, 1.807) is 0 Å². The maximum Gasteiger partial charge on any atom is 0.306 e. The zero-order chi connectivity index (χ0) is 17.2. The lowest BCUT2D eigenvalue weighted by molar-refractivity contribution is -0.147. The van der Waals surface area contributed by atoms with Crippen LogP contribution in [0.4, 0.5) is 0 Å². The van der Waals surface area contributed by atoms with Crippen LogP contribution < -0.4 is 0 Å². The summed E-state index contributed by atoms with van der Waals surface area (Å²) >= 11 is 0. The molecule has 0 aliphatic rings. The van der Waals surface area contributed by atoms with Gasteiger partial charge in [0.15, 0.2) is 6.10 Å². The highest BCUT2D eigenvalue weighted by Crippen LogP contribution is 2.35. The number of fused-ring (bicyclic) bond motifs is 2. The molecule has 0 fully saturated rings. The van der Waals surface area contributed by atoms with Crippen molar-refractivity contribution >= 4 is 27.8 Å². The van der Waals surface area contributed by atoms with Crippen molar-refractivity contribution in [1.29, 1.82) is 0 Å². The number of hydrogen-bond acceptors (Lipinski definition) is 2. The maximum absolute atomic E-state index is 12.3. The van der Waals surface area contributed by atoms with Crippen molar-refractivity contribution in [2.24, 2.45) is 0 Å². The predicted octanol–water partition coefficient (Wildman–Crippen LogP) is 5.08. The van der Waals surface area contributed by atoms with Gasteiger partial charge in [0, 0.05) is 51.7 Å². The molecule has 2 heterocycles. The minimum Gasteiger partial charge on any atom is -0.452 e. The van der Waals surface area contributed by atoms with Gasteiger partial charge in [0.25, 0.3) is 0 Å². The number of H-pyrrole nitrogens is 2. The molecule has 4 aromatic rings. The van der Waals surface area contributed by atoms with Crippen LogP contribution in [0, 0.1) is 0 Å². The number of aromatic amines is 2. The van der Waals surface area contributed by atoms with Crippen LogP contribution in [-0.4, -0.2) is 15.9 Å². The summed E-state index contributed by atoms with van der Waals surface area (Å²) in [5, 5.41) is 2.14. The average molecular weight is 332 g/mol. The van der Waals surface area contributed by atoms with Crippen molar-refractivity contribution in [3.8, 4) is 0 Å². The van der Waals surface area contributed by atoms with Crippen molar-refractivity contribution < 1.29 is 9.53 Å². The number of hydrogen-bond donors (Lipinski definition) is 2. The second kappa shape index (κ2) is 6.48. The Morgan fingerprint density at radius 1 is 0.920 bits per heavy atom. The monoisotopic (exact) mass is 332 g/mol. The Morgan fingerprint density at radius 3 is 1.96 bits per heavy atom. The first kappa shape index (κ1) is 15.5. The van der Waals surface area contributed by atoms with Crippen molar-refractivity contribution in [3.63, 3.8) is 0 Å². The van der Waals surface area contributed by atoms with Gasteiger partial charge in [-0.15, -0.1) is 0 Å². The summed E-state index contributed by atoms with van der Waals surface area (Å²) in [5.41, 5.74) is 4.03. The Balaban J connectivity index is 1.86. The number of para-hydroxylation sites is 2. The first-order valence-electron chi connectivity index (χ1n) is 8.59. The molecular formula is C21H20N2O2. The molecule has 0 aliphatic heterocycles. The van der Waals surface area contributed by atoms with Crippen LogP contribution in [-0.2, 0) is 9.53 Å². The van der Waals surface area contributed by atoms with E-state index >= 15 is 0 Å². The van der Waals surface area contributed by atoms with Crippen LogP contribution in [0.15, 0.2) is 60.9 Å². The van der Waals surface area contributed by atoms with Crippen molar-refractivity contribution in [2.45, 2.75) is 25.9 Å². The fraction of sp³-hybridized carbons (Fsp3) is 0.190. The van der Waals surface area contributed by atoms with Gasteiger partial charge in [-0.25, -0.2) is 0 Å². The number of nitrogens with one attached hydrogen (secondary N) is 2. The Kier molecular flexibility index (Phi) is 4.02. The predicted molar refractivity (Wildman–Crippen MR) is 99.4 cm³/mol. The number of carbonyl (C=O) groups excluding carboxylic acids is 1. The van der Waals surface area contributed by atoms with E-state index < -0.39 is 6.10 Å². The number of rotatable bonds is 5. The summed E-state index contributed by atoms with van der Waals surface area (Å²) in [5.74, 6) is -0.178. The number of carbonyl (C=O) groups is 1. The van der Waals surface area contributed by atoms with E-state index in [-0.39, 0.29) is 5.97 Å². The molecule has 126 valence electrons. The molecule has 0 saturated carbocycles. The molecule has 25 heavy (non-hydrogen) atoms. The van der Waals surface area contributed by atoms with E-state index in [9.17, 15) is 4.79 Å². The molecule has 2 aromatic heterocycles.